The molecule has 114 valence electrons. The second kappa shape index (κ2) is 6.05. The highest BCUT2D eigenvalue weighted by Crippen LogP contribution is 2.42. The van der Waals surface area contributed by atoms with Crippen molar-refractivity contribution in [1.29, 1.82) is 0 Å². The topological polar surface area (TPSA) is 68.5 Å². The predicted octanol–water partition coefficient (Wildman–Crippen LogP) is 3.12. The lowest BCUT2D eigenvalue weighted by Gasteiger charge is -2.10. The van der Waals surface area contributed by atoms with Gasteiger partial charge in [0.2, 0.25) is 0 Å². The van der Waals surface area contributed by atoms with Gasteiger partial charge in [-0.05, 0) is 30.5 Å². The van der Waals surface area contributed by atoms with Crippen LogP contribution in [0.25, 0.3) is 0 Å². The second-order valence-corrected chi connectivity index (χ2v) is 5.34. The molecule has 22 heavy (non-hydrogen) atoms. The zero-order chi connectivity index (χ0) is 15.5. The lowest BCUT2D eigenvalue weighted by atomic mass is 10.1. The minimum Gasteiger partial charge on any atom is -0.469 e. The van der Waals surface area contributed by atoms with Gasteiger partial charge in [-0.2, -0.15) is 0 Å². The minimum atomic E-state index is -0.344. The number of ether oxygens (including phenoxy) is 1. The lowest BCUT2D eigenvalue weighted by Crippen LogP contribution is -2.15. The normalized spacial score (nSPS) is 13.7. The minimum absolute atomic E-state index is 0.119. The van der Waals surface area contributed by atoms with Crippen molar-refractivity contribution in [3.8, 4) is 0 Å². The van der Waals surface area contributed by atoms with E-state index in [2.05, 4.69) is 10.1 Å². The summed E-state index contributed by atoms with van der Waals surface area (Å²) in [6.45, 7) is 0. The smallest absolute Gasteiger partial charge is 0.310 e. The summed E-state index contributed by atoms with van der Waals surface area (Å²) in [5.74, 6) is 0.556. The second-order valence-electron chi connectivity index (χ2n) is 5.34. The Morgan fingerprint density at radius 3 is 2.77 bits per heavy atom. The number of methoxy groups -OCH3 is 1. The first-order valence-corrected chi connectivity index (χ1v) is 7.22. The molecule has 1 heterocycles. The number of rotatable bonds is 5. The molecule has 1 aliphatic carbocycles. The lowest BCUT2D eigenvalue weighted by molar-refractivity contribution is -0.139. The van der Waals surface area contributed by atoms with Gasteiger partial charge in [-0.25, -0.2) is 0 Å². The molecule has 1 aliphatic rings. The zero-order valence-electron chi connectivity index (χ0n) is 12.3. The van der Waals surface area contributed by atoms with Gasteiger partial charge in [0.1, 0.15) is 5.76 Å². The Balaban J connectivity index is 1.79. The van der Waals surface area contributed by atoms with Crippen LogP contribution in [0.2, 0.25) is 0 Å². The molecule has 0 bridgehead atoms. The molecule has 5 nitrogen and oxygen atoms in total. The van der Waals surface area contributed by atoms with Crippen molar-refractivity contribution in [2.75, 3.05) is 12.4 Å². The highest BCUT2D eigenvalue weighted by atomic mass is 16.5. The van der Waals surface area contributed by atoms with Crippen LogP contribution in [0.3, 0.4) is 0 Å². The molecule has 1 aromatic carbocycles. The van der Waals surface area contributed by atoms with Crippen molar-refractivity contribution >= 4 is 17.6 Å². The van der Waals surface area contributed by atoms with Crippen LogP contribution in [0.1, 0.15) is 40.4 Å². The number of carbonyl (C=O) groups excluding carboxylic acids is 2. The van der Waals surface area contributed by atoms with Crippen LogP contribution in [-0.4, -0.2) is 19.0 Å². The third-order valence-corrected chi connectivity index (χ3v) is 3.72. The first-order valence-electron chi connectivity index (χ1n) is 7.22. The van der Waals surface area contributed by atoms with Gasteiger partial charge >= 0.3 is 5.97 Å². The zero-order valence-corrected chi connectivity index (χ0v) is 12.3. The maximum Gasteiger partial charge on any atom is 0.310 e. The molecule has 1 fully saturated rings. The fourth-order valence-corrected chi connectivity index (χ4v) is 2.38. The van der Waals surface area contributed by atoms with Crippen LogP contribution in [0.4, 0.5) is 5.69 Å². The summed E-state index contributed by atoms with van der Waals surface area (Å²) in [5, 5.41) is 2.86. The average molecular weight is 299 g/mol. The summed E-state index contributed by atoms with van der Waals surface area (Å²) < 4.78 is 10.1. The molecule has 5 heteroatoms. The number of furan rings is 1. The standard InChI is InChI=1S/C17H17NO4/c1-21-15(19)10-12-4-2-3-5-14(12)18-17(20)13-8-9-22-16(13)11-6-7-11/h2-5,8-9,11H,6-7,10H2,1H3,(H,18,20). The summed E-state index contributed by atoms with van der Waals surface area (Å²) in [6, 6.07) is 8.89. The summed E-state index contributed by atoms with van der Waals surface area (Å²) in [6.07, 6.45) is 3.79. The van der Waals surface area contributed by atoms with Gasteiger partial charge in [-0.15, -0.1) is 0 Å². The number of anilines is 1. The molecule has 1 amide bonds. The average Bonchev–Trinajstić information content (AvgIpc) is 3.25. The molecule has 0 atom stereocenters. The third kappa shape index (κ3) is 3.03. The Bertz CT molecular complexity index is 700. The van der Waals surface area contributed by atoms with E-state index >= 15 is 0 Å². The molecule has 1 N–H and O–H groups in total. The number of nitrogens with one attached hydrogen (secondary N) is 1. The molecule has 0 spiro atoms. The van der Waals surface area contributed by atoms with Crippen LogP contribution in [0.15, 0.2) is 41.0 Å². The Kier molecular flexibility index (Phi) is 3.96. The van der Waals surface area contributed by atoms with Crippen molar-refractivity contribution in [2.24, 2.45) is 0 Å². The van der Waals surface area contributed by atoms with Crippen molar-refractivity contribution in [2.45, 2.75) is 25.2 Å². The third-order valence-electron chi connectivity index (χ3n) is 3.72. The first-order chi connectivity index (χ1) is 10.7. The Labute approximate surface area is 128 Å². The van der Waals surface area contributed by atoms with E-state index in [9.17, 15) is 9.59 Å². The SMILES string of the molecule is COC(=O)Cc1ccccc1NC(=O)c1ccoc1C1CC1. The van der Waals surface area contributed by atoms with Gasteiger partial charge in [-0.1, -0.05) is 18.2 Å². The van der Waals surface area contributed by atoms with Crippen molar-refractivity contribution < 1.29 is 18.7 Å². The Morgan fingerprint density at radius 2 is 2.05 bits per heavy atom. The van der Waals surface area contributed by atoms with E-state index in [4.69, 9.17) is 4.42 Å². The number of amides is 1. The van der Waals surface area contributed by atoms with E-state index in [-0.39, 0.29) is 18.3 Å². The first kappa shape index (κ1) is 14.4. The Hall–Kier alpha value is -2.56. The monoisotopic (exact) mass is 299 g/mol. The number of esters is 1. The molecule has 0 aliphatic heterocycles. The highest BCUT2D eigenvalue weighted by Gasteiger charge is 2.31. The summed E-state index contributed by atoms with van der Waals surface area (Å²) in [5.41, 5.74) is 1.90. The van der Waals surface area contributed by atoms with Gasteiger partial charge in [0.05, 0.1) is 25.4 Å². The van der Waals surface area contributed by atoms with Gasteiger partial charge in [0, 0.05) is 11.6 Å². The summed E-state index contributed by atoms with van der Waals surface area (Å²) in [7, 11) is 1.34. The molecular formula is C17H17NO4. The summed E-state index contributed by atoms with van der Waals surface area (Å²) >= 11 is 0. The van der Waals surface area contributed by atoms with Crippen LogP contribution in [0, 0.1) is 0 Å². The van der Waals surface area contributed by atoms with E-state index in [1.165, 1.54) is 7.11 Å². The van der Waals surface area contributed by atoms with Crippen LogP contribution in [0.5, 0.6) is 0 Å². The predicted molar refractivity (Wildman–Crippen MR) is 80.8 cm³/mol. The van der Waals surface area contributed by atoms with Crippen molar-refractivity contribution in [1.82, 2.24) is 0 Å². The van der Waals surface area contributed by atoms with Crippen LogP contribution < -0.4 is 5.32 Å². The van der Waals surface area contributed by atoms with E-state index in [1.807, 2.05) is 12.1 Å². The molecule has 1 aromatic heterocycles. The molecule has 3 rings (SSSR count). The van der Waals surface area contributed by atoms with E-state index < -0.39 is 0 Å². The van der Waals surface area contributed by atoms with Crippen LogP contribution in [-0.2, 0) is 16.0 Å². The van der Waals surface area contributed by atoms with E-state index in [1.54, 1.807) is 24.5 Å². The van der Waals surface area contributed by atoms with Gasteiger partial charge in [0.15, 0.2) is 0 Å². The largest absolute Gasteiger partial charge is 0.469 e. The molecule has 0 saturated heterocycles. The van der Waals surface area contributed by atoms with Gasteiger partial charge < -0.3 is 14.5 Å². The van der Waals surface area contributed by atoms with Gasteiger partial charge in [-0.3, -0.25) is 9.59 Å². The number of para-hydroxylation sites is 1. The van der Waals surface area contributed by atoms with E-state index in [0.29, 0.717) is 17.2 Å². The Morgan fingerprint density at radius 1 is 1.27 bits per heavy atom. The number of hydrogen-bond donors (Lipinski definition) is 1. The number of benzene rings is 1. The maximum absolute atomic E-state index is 12.4. The number of carbonyl (C=O) groups is 2. The quantitative estimate of drug-likeness (QED) is 0.861. The molecule has 1 saturated carbocycles. The molecule has 0 unspecified atom stereocenters. The van der Waals surface area contributed by atoms with Gasteiger partial charge in [0.25, 0.3) is 5.91 Å². The van der Waals surface area contributed by atoms with Crippen molar-refractivity contribution in [3.05, 3.63) is 53.5 Å². The molecular weight excluding hydrogens is 282 g/mol. The fourth-order valence-electron chi connectivity index (χ4n) is 2.38. The molecule has 0 radical (unpaired) electrons. The van der Waals surface area contributed by atoms with E-state index in [0.717, 1.165) is 24.2 Å². The summed E-state index contributed by atoms with van der Waals surface area (Å²) in [4.78, 5) is 23.9. The highest BCUT2D eigenvalue weighted by molar-refractivity contribution is 6.05. The maximum atomic E-state index is 12.4. The van der Waals surface area contributed by atoms with Crippen molar-refractivity contribution in [3.63, 3.8) is 0 Å². The van der Waals surface area contributed by atoms with Crippen LogP contribution >= 0.6 is 0 Å². The molecule has 2 aromatic rings. The number of hydrogen-bond acceptors (Lipinski definition) is 4. The fraction of sp³-hybridized carbons (Fsp3) is 0.294.